The first-order valence-corrected chi connectivity index (χ1v) is 6.44. The molecule has 0 amide bonds. The van der Waals surface area contributed by atoms with E-state index >= 15 is 0 Å². The summed E-state index contributed by atoms with van der Waals surface area (Å²) in [5.74, 6) is 0. The Bertz CT molecular complexity index is 303. The van der Waals surface area contributed by atoms with E-state index in [1.807, 2.05) is 6.92 Å². The van der Waals surface area contributed by atoms with E-state index in [0.717, 1.165) is 29.7 Å². The fraction of sp³-hybridized carbons (Fsp3) is 0.667. The molecule has 2 heterocycles. The average Bonchev–Trinajstić information content (AvgIpc) is 2.56. The van der Waals surface area contributed by atoms with Crippen molar-refractivity contribution in [2.75, 3.05) is 13.2 Å². The minimum Gasteiger partial charge on any atom is -0.380 e. The SMILES string of the molecule is Cc1csc(SC2COCCC2N)n1. The van der Waals surface area contributed by atoms with Gasteiger partial charge in [0, 0.05) is 23.7 Å². The minimum atomic E-state index is 0.248. The lowest BCUT2D eigenvalue weighted by Crippen LogP contribution is -2.40. The summed E-state index contributed by atoms with van der Waals surface area (Å²) in [5, 5.41) is 2.44. The van der Waals surface area contributed by atoms with Gasteiger partial charge < -0.3 is 10.5 Å². The Labute approximate surface area is 92.1 Å². The Morgan fingerprint density at radius 3 is 3.21 bits per heavy atom. The fourth-order valence-electron chi connectivity index (χ4n) is 1.37. The molecule has 2 unspecified atom stereocenters. The highest BCUT2D eigenvalue weighted by molar-refractivity contribution is 8.01. The van der Waals surface area contributed by atoms with Gasteiger partial charge in [0.2, 0.25) is 0 Å². The van der Waals surface area contributed by atoms with Gasteiger partial charge in [-0.05, 0) is 13.3 Å². The lowest BCUT2D eigenvalue weighted by atomic mass is 10.1. The maximum absolute atomic E-state index is 6.01. The van der Waals surface area contributed by atoms with Gasteiger partial charge in [-0.1, -0.05) is 11.8 Å². The van der Waals surface area contributed by atoms with Crippen molar-refractivity contribution < 1.29 is 4.74 Å². The van der Waals surface area contributed by atoms with Crippen LogP contribution in [-0.2, 0) is 4.74 Å². The molecular formula is C9H14N2OS2. The van der Waals surface area contributed by atoms with E-state index in [2.05, 4.69) is 10.4 Å². The fourth-order valence-corrected chi connectivity index (χ4v) is 3.55. The van der Waals surface area contributed by atoms with Gasteiger partial charge in [0.15, 0.2) is 4.34 Å². The Kier molecular flexibility index (Phi) is 3.43. The van der Waals surface area contributed by atoms with Gasteiger partial charge in [0.25, 0.3) is 0 Å². The molecule has 1 saturated heterocycles. The van der Waals surface area contributed by atoms with Crippen molar-refractivity contribution in [2.45, 2.75) is 29.0 Å². The first kappa shape index (κ1) is 10.4. The molecule has 2 atom stereocenters. The van der Waals surface area contributed by atoms with Gasteiger partial charge in [-0.2, -0.15) is 0 Å². The summed E-state index contributed by atoms with van der Waals surface area (Å²) in [7, 11) is 0. The smallest absolute Gasteiger partial charge is 0.150 e. The molecule has 5 heteroatoms. The molecule has 2 N–H and O–H groups in total. The van der Waals surface area contributed by atoms with Crippen LogP contribution in [-0.4, -0.2) is 29.5 Å². The van der Waals surface area contributed by atoms with E-state index < -0.39 is 0 Å². The van der Waals surface area contributed by atoms with E-state index in [1.54, 1.807) is 23.1 Å². The molecule has 1 aliphatic heterocycles. The largest absolute Gasteiger partial charge is 0.380 e. The summed E-state index contributed by atoms with van der Waals surface area (Å²) in [6.45, 7) is 3.57. The van der Waals surface area contributed by atoms with Crippen LogP contribution in [0.5, 0.6) is 0 Å². The Hall–Kier alpha value is -0.100. The van der Waals surface area contributed by atoms with Crippen molar-refractivity contribution in [3.8, 4) is 0 Å². The van der Waals surface area contributed by atoms with Crippen LogP contribution >= 0.6 is 23.1 Å². The van der Waals surface area contributed by atoms with Gasteiger partial charge >= 0.3 is 0 Å². The molecule has 1 aromatic rings. The quantitative estimate of drug-likeness (QED) is 0.839. The first-order chi connectivity index (χ1) is 6.75. The number of ether oxygens (including phenoxy) is 1. The number of nitrogens with zero attached hydrogens (tertiary/aromatic N) is 1. The Morgan fingerprint density at radius 1 is 1.71 bits per heavy atom. The molecule has 3 nitrogen and oxygen atoms in total. The normalized spacial score (nSPS) is 27.9. The lowest BCUT2D eigenvalue weighted by molar-refractivity contribution is 0.0916. The molecule has 2 rings (SSSR count). The third-order valence-corrected chi connectivity index (χ3v) is 4.62. The van der Waals surface area contributed by atoms with Crippen molar-refractivity contribution in [1.29, 1.82) is 0 Å². The topological polar surface area (TPSA) is 48.1 Å². The number of hydrogen-bond acceptors (Lipinski definition) is 5. The molecule has 0 saturated carbocycles. The van der Waals surface area contributed by atoms with Crippen LogP contribution in [0.1, 0.15) is 12.1 Å². The summed E-state index contributed by atoms with van der Waals surface area (Å²) >= 11 is 3.44. The van der Waals surface area contributed by atoms with Crippen LogP contribution in [0.25, 0.3) is 0 Å². The van der Waals surface area contributed by atoms with Gasteiger partial charge in [0.05, 0.1) is 11.9 Å². The first-order valence-electron chi connectivity index (χ1n) is 4.68. The van der Waals surface area contributed by atoms with E-state index in [1.165, 1.54) is 0 Å². The zero-order chi connectivity index (χ0) is 9.97. The van der Waals surface area contributed by atoms with Crippen molar-refractivity contribution in [3.05, 3.63) is 11.1 Å². The molecule has 14 heavy (non-hydrogen) atoms. The second kappa shape index (κ2) is 4.61. The molecule has 78 valence electrons. The summed E-state index contributed by atoms with van der Waals surface area (Å²) in [5.41, 5.74) is 7.10. The van der Waals surface area contributed by atoms with Crippen molar-refractivity contribution in [2.24, 2.45) is 5.73 Å². The molecule has 0 radical (unpaired) electrons. The number of thiazole rings is 1. The summed E-state index contributed by atoms with van der Waals surface area (Å²) in [6.07, 6.45) is 0.960. The van der Waals surface area contributed by atoms with Crippen molar-refractivity contribution in [1.82, 2.24) is 4.98 Å². The van der Waals surface area contributed by atoms with Crippen LogP contribution in [0.3, 0.4) is 0 Å². The zero-order valence-electron chi connectivity index (χ0n) is 8.10. The number of aromatic nitrogens is 1. The van der Waals surface area contributed by atoms with Crippen molar-refractivity contribution >= 4 is 23.1 Å². The van der Waals surface area contributed by atoms with Crippen LogP contribution in [0.4, 0.5) is 0 Å². The van der Waals surface area contributed by atoms with Crippen LogP contribution in [0, 0.1) is 6.92 Å². The Balaban J connectivity index is 1.95. The lowest BCUT2D eigenvalue weighted by Gasteiger charge is -2.27. The van der Waals surface area contributed by atoms with Gasteiger partial charge in [-0.15, -0.1) is 11.3 Å². The third kappa shape index (κ3) is 2.48. The molecule has 0 aromatic carbocycles. The van der Waals surface area contributed by atoms with Gasteiger partial charge in [-0.25, -0.2) is 4.98 Å². The minimum absolute atomic E-state index is 0.248. The van der Waals surface area contributed by atoms with Crippen LogP contribution in [0.15, 0.2) is 9.72 Å². The van der Waals surface area contributed by atoms with E-state index in [4.69, 9.17) is 10.5 Å². The molecule has 1 aromatic heterocycles. The van der Waals surface area contributed by atoms with E-state index in [9.17, 15) is 0 Å². The summed E-state index contributed by atoms with van der Waals surface area (Å²) < 4.78 is 6.51. The number of nitrogens with two attached hydrogens (primary N) is 1. The summed E-state index contributed by atoms with van der Waals surface area (Å²) in [6, 6.07) is 0.248. The van der Waals surface area contributed by atoms with Crippen LogP contribution < -0.4 is 5.73 Å². The van der Waals surface area contributed by atoms with Gasteiger partial charge in [-0.3, -0.25) is 0 Å². The molecule has 1 fully saturated rings. The molecule has 0 spiro atoms. The number of rotatable bonds is 2. The van der Waals surface area contributed by atoms with E-state index in [0.29, 0.717) is 5.25 Å². The van der Waals surface area contributed by atoms with Gasteiger partial charge in [0.1, 0.15) is 0 Å². The highest BCUT2D eigenvalue weighted by Gasteiger charge is 2.24. The second-order valence-corrected chi connectivity index (χ2v) is 5.78. The monoisotopic (exact) mass is 230 g/mol. The highest BCUT2D eigenvalue weighted by atomic mass is 32.2. The third-order valence-electron chi connectivity index (χ3n) is 2.21. The maximum Gasteiger partial charge on any atom is 0.150 e. The average molecular weight is 230 g/mol. The second-order valence-electron chi connectivity index (χ2n) is 3.44. The Morgan fingerprint density at radius 2 is 2.57 bits per heavy atom. The molecular weight excluding hydrogens is 216 g/mol. The van der Waals surface area contributed by atoms with E-state index in [-0.39, 0.29) is 6.04 Å². The predicted octanol–water partition coefficient (Wildman–Crippen LogP) is 1.66. The number of aryl methyl sites for hydroxylation is 1. The summed E-state index contributed by atoms with van der Waals surface area (Å²) in [4.78, 5) is 4.41. The predicted molar refractivity (Wildman–Crippen MR) is 59.9 cm³/mol. The zero-order valence-corrected chi connectivity index (χ0v) is 9.74. The standard InChI is InChI=1S/C9H14N2OS2/c1-6-5-13-9(11-6)14-8-4-12-3-2-7(8)10/h5,7-8H,2-4,10H2,1H3. The highest BCUT2D eigenvalue weighted by Crippen LogP contribution is 2.30. The number of thioether (sulfide) groups is 1. The molecule has 0 bridgehead atoms. The van der Waals surface area contributed by atoms with Crippen molar-refractivity contribution in [3.63, 3.8) is 0 Å². The molecule has 1 aliphatic rings. The molecule has 0 aliphatic carbocycles. The maximum atomic E-state index is 6.01. The number of hydrogen-bond donors (Lipinski definition) is 1. The van der Waals surface area contributed by atoms with Crippen LogP contribution in [0.2, 0.25) is 0 Å².